The van der Waals surface area contributed by atoms with Crippen LogP contribution in [0.1, 0.15) is 0 Å². The van der Waals surface area contributed by atoms with E-state index in [0.29, 0.717) is 0 Å². The van der Waals surface area contributed by atoms with Crippen molar-refractivity contribution in [1.82, 2.24) is 19.1 Å². The number of benzene rings is 8. The number of nitrogens with zero attached hydrogens (tertiary/aromatic N) is 4. The van der Waals surface area contributed by atoms with Crippen molar-refractivity contribution in [1.29, 1.82) is 0 Å². The Morgan fingerprint density at radius 2 is 0.983 bits per heavy atom. The number of aryl methyl sites for hydroxylation is 1. The van der Waals surface area contributed by atoms with Gasteiger partial charge in [-0.2, -0.15) is 0 Å². The average Bonchev–Trinajstić information content (AvgIpc) is 3.83. The Morgan fingerprint density at radius 3 is 1.63 bits per heavy atom. The molecule has 8 aromatic carbocycles. The van der Waals surface area contributed by atoms with Gasteiger partial charge in [0, 0.05) is 18.8 Å². The third kappa shape index (κ3) is 6.56. The normalized spacial score (nSPS) is 11.3. The molecule has 0 aliphatic heterocycles. The van der Waals surface area contributed by atoms with Crippen molar-refractivity contribution in [2.75, 3.05) is 0 Å². The summed E-state index contributed by atoms with van der Waals surface area (Å²) < 4.78 is 4.48. The predicted octanol–water partition coefficient (Wildman–Crippen LogP) is 13.7. The molecule has 3 aromatic heterocycles. The third-order valence-electron chi connectivity index (χ3n) is 11.4. The molecule has 3 heterocycles. The Morgan fingerprint density at radius 1 is 0.433 bits per heavy atom. The quantitative estimate of drug-likeness (QED) is 0.149. The summed E-state index contributed by atoms with van der Waals surface area (Å²) in [6.07, 6.45) is 1.97. The van der Waals surface area contributed by atoms with Gasteiger partial charge in [-0.05, 0) is 73.9 Å². The molecule has 0 unspecified atom stereocenters. The molecule has 11 rings (SSSR count). The summed E-state index contributed by atoms with van der Waals surface area (Å²) in [6.45, 7) is 0. The Kier molecular flexibility index (Phi) is 9.64. The van der Waals surface area contributed by atoms with Crippen molar-refractivity contribution in [3.8, 4) is 72.8 Å². The van der Waals surface area contributed by atoms with Gasteiger partial charge in [0.25, 0.3) is 0 Å². The van der Waals surface area contributed by atoms with Crippen LogP contribution in [0.15, 0.2) is 200 Å². The topological polar surface area (TPSA) is 35.6 Å². The van der Waals surface area contributed by atoms with E-state index in [0.717, 1.165) is 83.4 Å². The van der Waals surface area contributed by atoms with Crippen molar-refractivity contribution in [2.45, 2.75) is 0 Å². The van der Waals surface area contributed by atoms with Crippen LogP contribution in [-0.4, -0.2) is 19.1 Å². The predicted molar refractivity (Wildman–Crippen MR) is 243 cm³/mol. The fourth-order valence-electron chi connectivity index (χ4n) is 8.37. The van der Waals surface area contributed by atoms with Crippen LogP contribution in [0.3, 0.4) is 0 Å². The maximum Gasteiger partial charge on any atom is 2.00 e. The SMILES string of the molecule is Cn1c(-c2[c-]c3c(cc2)c2ccccc2n3-c2[c-]c(-c3ccc(-c4ccc(-c5ccccc5)cc4)cn3)ccc2-c2ccc(-c3ccccc3)cc2)nc2ccccc21.[Pt+2]. The zero-order chi connectivity index (χ0) is 39.3. The summed E-state index contributed by atoms with van der Waals surface area (Å²) in [7, 11) is 2.07. The molecule has 60 heavy (non-hydrogen) atoms. The minimum absolute atomic E-state index is 0. The molecule has 0 aliphatic rings. The Labute approximate surface area is 363 Å². The number of rotatable bonds is 7. The molecule has 0 spiro atoms. The second kappa shape index (κ2) is 15.6. The number of hydrogen-bond donors (Lipinski definition) is 0. The summed E-state index contributed by atoms with van der Waals surface area (Å²) >= 11 is 0. The van der Waals surface area contributed by atoms with Gasteiger partial charge in [-0.15, -0.1) is 47.5 Å². The summed E-state index contributed by atoms with van der Waals surface area (Å²) in [5.41, 5.74) is 16.8. The van der Waals surface area contributed by atoms with Gasteiger partial charge >= 0.3 is 21.1 Å². The van der Waals surface area contributed by atoms with E-state index in [4.69, 9.17) is 9.97 Å². The first-order valence-electron chi connectivity index (χ1n) is 19.9. The fourth-order valence-corrected chi connectivity index (χ4v) is 8.37. The summed E-state index contributed by atoms with van der Waals surface area (Å²) in [5, 5.41) is 2.27. The molecule has 286 valence electrons. The van der Waals surface area contributed by atoms with Gasteiger partial charge in [-0.25, -0.2) is 0 Å². The largest absolute Gasteiger partial charge is 2.00 e. The van der Waals surface area contributed by atoms with Gasteiger partial charge < -0.3 is 14.1 Å². The van der Waals surface area contributed by atoms with Gasteiger partial charge in [0.1, 0.15) is 0 Å². The molecular weight excluding hydrogens is 912 g/mol. The zero-order valence-corrected chi connectivity index (χ0v) is 34.9. The van der Waals surface area contributed by atoms with Gasteiger partial charge in [0.2, 0.25) is 0 Å². The summed E-state index contributed by atoms with van der Waals surface area (Å²) in [6, 6.07) is 76.1. The molecular formula is C55H36N4Pt. The number of imidazole rings is 1. The molecule has 0 radical (unpaired) electrons. The Hall–Kier alpha value is -7.13. The Balaban J connectivity index is 0.00000433. The molecule has 0 saturated carbocycles. The van der Waals surface area contributed by atoms with Crippen LogP contribution in [0.2, 0.25) is 0 Å². The Bertz CT molecular complexity index is 3290. The van der Waals surface area contributed by atoms with E-state index in [2.05, 4.69) is 210 Å². The molecule has 5 heteroatoms. The van der Waals surface area contributed by atoms with Gasteiger partial charge in [-0.1, -0.05) is 168 Å². The average molecular weight is 948 g/mol. The second-order valence-electron chi connectivity index (χ2n) is 14.9. The minimum Gasteiger partial charge on any atom is -0.367 e. The van der Waals surface area contributed by atoms with E-state index in [1.54, 1.807) is 0 Å². The van der Waals surface area contributed by atoms with Crippen molar-refractivity contribution < 1.29 is 21.1 Å². The van der Waals surface area contributed by atoms with Crippen LogP contribution in [-0.2, 0) is 28.1 Å². The molecule has 0 aliphatic carbocycles. The first kappa shape index (κ1) is 37.2. The van der Waals surface area contributed by atoms with E-state index in [1.807, 2.05) is 18.3 Å². The molecule has 0 amide bonds. The van der Waals surface area contributed by atoms with E-state index in [1.165, 1.54) is 22.3 Å². The van der Waals surface area contributed by atoms with Gasteiger partial charge in [0.15, 0.2) is 0 Å². The standard InChI is InChI=1S/C55H36N4.Pt/c1-58-52-19-11-9-17-50(52)57-55(58)44-29-32-48-47-16-8-10-18-51(47)59(54(48)35-44)53-34-43(28-31-46(53)42-26-24-40(25-27-42)38-14-6-3-7-15-38)49-33-30-45(36-56-49)41-22-20-39(21-23-41)37-12-4-2-5-13-37;/h2-33,36H,1H3;/q-2;+2. The first-order chi connectivity index (χ1) is 29.2. The van der Waals surface area contributed by atoms with Crippen LogP contribution >= 0.6 is 0 Å². The number of pyridine rings is 1. The van der Waals surface area contributed by atoms with Crippen LogP contribution in [0, 0.1) is 12.1 Å². The third-order valence-corrected chi connectivity index (χ3v) is 11.4. The fraction of sp³-hybridized carbons (Fsp3) is 0.0182. The van der Waals surface area contributed by atoms with Crippen LogP contribution in [0.5, 0.6) is 0 Å². The van der Waals surface area contributed by atoms with Crippen molar-refractivity contribution in [3.05, 3.63) is 212 Å². The molecule has 0 saturated heterocycles. The van der Waals surface area contributed by atoms with Gasteiger partial charge in [0.05, 0.1) is 16.9 Å². The van der Waals surface area contributed by atoms with E-state index < -0.39 is 0 Å². The smallest absolute Gasteiger partial charge is 0.367 e. The number of aromatic nitrogens is 4. The van der Waals surface area contributed by atoms with Crippen molar-refractivity contribution >= 4 is 32.8 Å². The van der Waals surface area contributed by atoms with Crippen molar-refractivity contribution in [2.24, 2.45) is 7.05 Å². The minimum atomic E-state index is 0. The number of para-hydroxylation sites is 3. The molecule has 0 bridgehead atoms. The molecule has 0 atom stereocenters. The number of hydrogen-bond acceptors (Lipinski definition) is 2. The van der Waals surface area contributed by atoms with Crippen molar-refractivity contribution in [3.63, 3.8) is 0 Å². The van der Waals surface area contributed by atoms with E-state index in [-0.39, 0.29) is 21.1 Å². The van der Waals surface area contributed by atoms with Crippen LogP contribution < -0.4 is 0 Å². The van der Waals surface area contributed by atoms with Crippen LogP contribution in [0.4, 0.5) is 0 Å². The van der Waals surface area contributed by atoms with E-state index >= 15 is 0 Å². The monoisotopic (exact) mass is 947 g/mol. The maximum absolute atomic E-state index is 5.05. The zero-order valence-electron chi connectivity index (χ0n) is 32.7. The summed E-state index contributed by atoms with van der Waals surface area (Å²) in [4.78, 5) is 10.1. The molecule has 0 fully saturated rings. The number of fused-ring (bicyclic) bond motifs is 4. The van der Waals surface area contributed by atoms with Crippen LogP contribution in [0.25, 0.3) is 106 Å². The molecule has 0 N–H and O–H groups in total. The molecule has 4 nitrogen and oxygen atoms in total. The molecule has 11 aromatic rings. The first-order valence-corrected chi connectivity index (χ1v) is 19.9. The summed E-state index contributed by atoms with van der Waals surface area (Å²) in [5.74, 6) is 0.873. The maximum atomic E-state index is 5.05. The van der Waals surface area contributed by atoms with Gasteiger partial charge in [-0.3, -0.25) is 4.98 Å². The van der Waals surface area contributed by atoms with E-state index in [9.17, 15) is 0 Å². The second-order valence-corrected chi connectivity index (χ2v) is 14.9.